The third-order valence-corrected chi connectivity index (χ3v) is 2.65. The molecule has 17 heavy (non-hydrogen) atoms. The molecule has 0 aliphatic carbocycles. The van der Waals surface area contributed by atoms with Gasteiger partial charge in [0.25, 0.3) is 0 Å². The van der Waals surface area contributed by atoms with Crippen LogP contribution in [-0.2, 0) is 4.79 Å². The Bertz CT molecular complexity index is 340. The van der Waals surface area contributed by atoms with E-state index in [0.29, 0.717) is 0 Å². The van der Waals surface area contributed by atoms with Gasteiger partial charge in [-0.2, -0.15) is 0 Å². The van der Waals surface area contributed by atoms with Crippen molar-refractivity contribution in [2.24, 2.45) is 0 Å². The van der Waals surface area contributed by atoms with Gasteiger partial charge in [-0.15, -0.1) is 0 Å². The number of hydrogen-bond acceptors (Lipinski definition) is 3. The number of carbonyl (C=O) groups excluding carboxylic acids is 1. The zero-order chi connectivity index (χ0) is 12.7. The van der Waals surface area contributed by atoms with Gasteiger partial charge in [-0.1, -0.05) is 6.92 Å². The summed E-state index contributed by atoms with van der Waals surface area (Å²) in [6, 6.07) is 3.85. The van der Waals surface area contributed by atoms with Crippen molar-refractivity contribution in [2.45, 2.75) is 39.3 Å². The number of hydrogen-bond donors (Lipinski definition) is 2. The van der Waals surface area contributed by atoms with Crippen molar-refractivity contribution in [3.8, 4) is 0 Å². The standard InChI is InChI=1S/C13H21N3O/c1-4-7-15-13(17)11(3)16-10(2)12-5-8-14-9-6-12/h5-6,8-11,16H,4,7H2,1-3H3,(H,15,17)/t10-,11?/m0/s1. The summed E-state index contributed by atoms with van der Waals surface area (Å²) in [5.74, 6) is 0.0488. The van der Waals surface area contributed by atoms with Crippen LogP contribution >= 0.6 is 0 Å². The summed E-state index contributed by atoms with van der Waals surface area (Å²) in [4.78, 5) is 15.7. The molecule has 0 aromatic carbocycles. The molecule has 1 rings (SSSR count). The fraction of sp³-hybridized carbons (Fsp3) is 0.538. The maximum Gasteiger partial charge on any atom is 0.236 e. The van der Waals surface area contributed by atoms with Crippen molar-refractivity contribution in [2.75, 3.05) is 6.54 Å². The maximum atomic E-state index is 11.7. The number of nitrogens with one attached hydrogen (secondary N) is 2. The minimum atomic E-state index is -0.190. The van der Waals surface area contributed by atoms with Gasteiger partial charge in [0.1, 0.15) is 0 Å². The first-order valence-electron chi connectivity index (χ1n) is 6.08. The summed E-state index contributed by atoms with van der Waals surface area (Å²) in [7, 11) is 0. The second kappa shape index (κ2) is 7.01. The summed E-state index contributed by atoms with van der Waals surface area (Å²) in [5.41, 5.74) is 1.13. The highest BCUT2D eigenvalue weighted by Gasteiger charge is 2.15. The second-order valence-electron chi connectivity index (χ2n) is 4.18. The molecule has 1 heterocycles. The lowest BCUT2D eigenvalue weighted by atomic mass is 10.1. The summed E-state index contributed by atoms with van der Waals surface area (Å²) >= 11 is 0. The number of aromatic nitrogens is 1. The smallest absolute Gasteiger partial charge is 0.236 e. The van der Waals surface area contributed by atoms with Gasteiger partial charge in [-0.05, 0) is 38.0 Å². The first-order chi connectivity index (χ1) is 8.15. The lowest BCUT2D eigenvalue weighted by molar-refractivity contribution is -0.122. The van der Waals surface area contributed by atoms with Crippen molar-refractivity contribution < 1.29 is 4.79 Å². The van der Waals surface area contributed by atoms with E-state index in [2.05, 4.69) is 15.6 Å². The lowest BCUT2D eigenvalue weighted by Crippen LogP contribution is -2.43. The van der Waals surface area contributed by atoms with E-state index in [-0.39, 0.29) is 18.0 Å². The number of nitrogens with zero attached hydrogens (tertiary/aromatic N) is 1. The molecule has 1 unspecified atom stereocenters. The highest BCUT2D eigenvalue weighted by molar-refractivity contribution is 5.81. The highest BCUT2D eigenvalue weighted by Crippen LogP contribution is 2.10. The molecule has 0 spiro atoms. The molecule has 0 saturated carbocycles. The van der Waals surface area contributed by atoms with Gasteiger partial charge in [0.15, 0.2) is 0 Å². The number of carbonyl (C=O) groups is 1. The topological polar surface area (TPSA) is 54.0 Å². The number of amides is 1. The molecule has 0 aliphatic heterocycles. The summed E-state index contributed by atoms with van der Waals surface area (Å²) in [6.45, 7) is 6.69. The van der Waals surface area contributed by atoms with E-state index < -0.39 is 0 Å². The van der Waals surface area contributed by atoms with Gasteiger partial charge < -0.3 is 5.32 Å². The third kappa shape index (κ3) is 4.53. The van der Waals surface area contributed by atoms with Gasteiger partial charge in [-0.25, -0.2) is 0 Å². The Morgan fingerprint density at radius 1 is 1.35 bits per heavy atom. The van der Waals surface area contributed by atoms with E-state index in [0.717, 1.165) is 18.5 Å². The normalized spacial score (nSPS) is 14.1. The first-order valence-corrected chi connectivity index (χ1v) is 6.08. The van der Waals surface area contributed by atoms with Gasteiger partial charge >= 0.3 is 0 Å². The second-order valence-corrected chi connectivity index (χ2v) is 4.18. The monoisotopic (exact) mass is 235 g/mol. The molecular formula is C13H21N3O. The van der Waals surface area contributed by atoms with Crippen LogP contribution in [0, 0.1) is 0 Å². The Kier molecular flexibility index (Phi) is 5.63. The molecule has 0 fully saturated rings. The molecule has 2 atom stereocenters. The van der Waals surface area contributed by atoms with Gasteiger partial charge in [0.05, 0.1) is 6.04 Å². The third-order valence-electron chi connectivity index (χ3n) is 2.65. The van der Waals surface area contributed by atoms with E-state index in [1.807, 2.05) is 32.9 Å². The molecule has 2 N–H and O–H groups in total. The van der Waals surface area contributed by atoms with Crippen LogP contribution in [0.3, 0.4) is 0 Å². The van der Waals surface area contributed by atoms with Crippen LogP contribution < -0.4 is 10.6 Å². The average molecular weight is 235 g/mol. The number of pyridine rings is 1. The maximum absolute atomic E-state index is 11.7. The van der Waals surface area contributed by atoms with Crippen LogP contribution in [0.15, 0.2) is 24.5 Å². The fourth-order valence-corrected chi connectivity index (χ4v) is 1.60. The van der Waals surface area contributed by atoms with Gasteiger partial charge in [0.2, 0.25) is 5.91 Å². The van der Waals surface area contributed by atoms with Crippen LogP contribution in [0.2, 0.25) is 0 Å². The van der Waals surface area contributed by atoms with E-state index in [1.54, 1.807) is 12.4 Å². The molecule has 0 bridgehead atoms. The van der Waals surface area contributed by atoms with E-state index in [4.69, 9.17) is 0 Å². The van der Waals surface area contributed by atoms with Crippen molar-refractivity contribution >= 4 is 5.91 Å². The van der Waals surface area contributed by atoms with Gasteiger partial charge in [-0.3, -0.25) is 15.1 Å². The molecule has 1 aromatic heterocycles. The summed E-state index contributed by atoms with van der Waals surface area (Å²) in [5, 5.41) is 6.14. The Morgan fingerprint density at radius 2 is 2.00 bits per heavy atom. The number of rotatable bonds is 6. The van der Waals surface area contributed by atoms with Crippen LogP contribution in [0.1, 0.15) is 38.8 Å². The predicted molar refractivity (Wildman–Crippen MR) is 68.6 cm³/mol. The molecule has 0 saturated heterocycles. The summed E-state index contributed by atoms with van der Waals surface area (Å²) in [6.07, 6.45) is 4.48. The minimum absolute atomic E-state index is 0.0488. The highest BCUT2D eigenvalue weighted by atomic mass is 16.2. The van der Waals surface area contributed by atoms with Crippen molar-refractivity contribution in [1.82, 2.24) is 15.6 Å². The SMILES string of the molecule is CCCNC(=O)C(C)N[C@@H](C)c1ccncc1. The molecule has 94 valence electrons. The van der Waals surface area contributed by atoms with E-state index in [9.17, 15) is 4.79 Å². The van der Waals surface area contributed by atoms with Crippen LogP contribution in [0.25, 0.3) is 0 Å². The van der Waals surface area contributed by atoms with Crippen LogP contribution in [0.5, 0.6) is 0 Å². The quantitative estimate of drug-likeness (QED) is 0.788. The molecule has 1 amide bonds. The van der Waals surface area contributed by atoms with E-state index in [1.165, 1.54) is 0 Å². The molecule has 0 aliphatic rings. The first kappa shape index (κ1) is 13.6. The largest absolute Gasteiger partial charge is 0.355 e. The van der Waals surface area contributed by atoms with Crippen molar-refractivity contribution in [1.29, 1.82) is 0 Å². The summed E-state index contributed by atoms with van der Waals surface area (Å²) < 4.78 is 0. The Hall–Kier alpha value is -1.42. The van der Waals surface area contributed by atoms with Crippen molar-refractivity contribution in [3.63, 3.8) is 0 Å². The molecule has 4 heteroatoms. The minimum Gasteiger partial charge on any atom is -0.355 e. The van der Waals surface area contributed by atoms with Crippen LogP contribution in [0.4, 0.5) is 0 Å². The Labute approximate surface area is 103 Å². The zero-order valence-electron chi connectivity index (χ0n) is 10.7. The van der Waals surface area contributed by atoms with E-state index >= 15 is 0 Å². The Balaban J connectivity index is 2.45. The van der Waals surface area contributed by atoms with Gasteiger partial charge in [0, 0.05) is 25.0 Å². The predicted octanol–water partition coefficient (Wildman–Crippen LogP) is 1.65. The lowest BCUT2D eigenvalue weighted by Gasteiger charge is -2.19. The molecular weight excluding hydrogens is 214 g/mol. The molecule has 0 radical (unpaired) electrons. The van der Waals surface area contributed by atoms with Crippen LogP contribution in [-0.4, -0.2) is 23.5 Å². The van der Waals surface area contributed by atoms with Crippen molar-refractivity contribution in [3.05, 3.63) is 30.1 Å². The average Bonchev–Trinajstić information content (AvgIpc) is 2.36. The fourth-order valence-electron chi connectivity index (χ4n) is 1.60. The Morgan fingerprint density at radius 3 is 2.59 bits per heavy atom. The molecule has 1 aromatic rings. The molecule has 4 nitrogen and oxygen atoms in total. The zero-order valence-corrected chi connectivity index (χ0v) is 10.7.